The zero-order chi connectivity index (χ0) is 8.81. The highest BCUT2D eigenvalue weighted by molar-refractivity contribution is 4.95. The fraction of sp³-hybridized carbons (Fsp3) is 0.500. The van der Waals surface area contributed by atoms with Crippen molar-refractivity contribution >= 4 is 0 Å². The van der Waals surface area contributed by atoms with Crippen LogP contribution in [0.1, 0.15) is 12.7 Å². The fourth-order valence-corrected chi connectivity index (χ4v) is 0.768. The van der Waals surface area contributed by atoms with Gasteiger partial charge in [0.1, 0.15) is 12.4 Å². The first kappa shape index (κ1) is 9.25. The molecule has 0 spiro atoms. The molecule has 1 atom stereocenters. The summed E-state index contributed by atoms with van der Waals surface area (Å²) in [5, 5.41) is 8.44. The van der Waals surface area contributed by atoms with Crippen LogP contribution in [0.3, 0.4) is 0 Å². The van der Waals surface area contributed by atoms with Crippen molar-refractivity contribution < 1.29 is 14.4 Å². The van der Waals surface area contributed by atoms with Crippen molar-refractivity contribution in [1.82, 2.24) is 5.48 Å². The third kappa shape index (κ3) is 3.04. The summed E-state index contributed by atoms with van der Waals surface area (Å²) in [6.45, 7) is 2.72. The number of nitrogens with one attached hydrogen (secondary N) is 1. The van der Waals surface area contributed by atoms with Crippen LogP contribution in [0.15, 0.2) is 22.8 Å². The van der Waals surface area contributed by atoms with E-state index in [1.807, 2.05) is 19.1 Å². The quantitative estimate of drug-likeness (QED) is 0.653. The molecule has 1 heterocycles. The molecule has 12 heavy (non-hydrogen) atoms. The number of ether oxygens (including phenoxy) is 1. The van der Waals surface area contributed by atoms with E-state index in [0.29, 0.717) is 13.2 Å². The van der Waals surface area contributed by atoms with E-state index in [9.17, 15) is 0 Å². The average Bonchev–Trinajstić information content (AvgIpc) is 2.57. The fourth-order valence-electron chi connectivity index (χ4n) is 0.768. The van der Waals surface area contributed by atoms with E-state index in [2.05, 4.69) is 5.48 Å². The molecule has 0 fully saturated rings. The van der Waals surface area contributed by atoms with Crippen LogP contribution in [-0.4, -0.2) is 17.9 Å². The smallest absolute Gasteiger partial charge is 0.129 e. The molecule has 0 saturated heterocycles. The Bertz CT molecular complexity index is 198. The van der Waals surface area contributed by atoms with Gasteiger partial charge in [-0.05, 0) is 19.1 Å². The van der Waals surface area contributed by atoms with Gasteiger partial charge in [0, 0.05) is 0 Å². The molecule has 1 unspecified atom stereocenters. The summed E-state index contributed by atoms with van der Waals surface area (Å²) >= 11 is 0. The third-order valence-electron chi connectivity index (χ3n) is 1.41. The van der Waals surface area contributed by atoms with Crippen molar-refractivity contribution in [3.8, 4) is 0 Å². The Morgan fingerprint density at radius 2 is 2.58 bits per heavy atom. The monoisotopic (exact) mass is 171 g/mol. The standard InChI is InChI=1S/C8H13NO3/c1-7(9-10)5-11-6-8-3-2-4-12-8/h2-4,7,9-10H,5-6H2,1H3. The molecular weight excluding hydrogens is 158 g/mol. The molecule has 1 aromatic heterocycles. The van der Waals surface area contributed by atoms with Crippen molar-refractivity contribution in [2.24, 2.45) is 0 Å². The van der Waals surface area contributed by atoms with Gasteiger partial charge in [0.2, 0.25) is 0 Å². The van der Waals surface area contributed by atoms with E-state index in [1.54, 1.807) is 6.26 Å². The maximum atomic E-state index is 8.44. The predicted octanol–water partition coefficient (Wildman–Crippen LogP) is 1.16. The number of furan rings is 1. The van der Waals surface area contributed by atoms with E-state index in [0.717, 1.165) is 5.76 Å². The van der Waals surface area contributed by atoms with Crippen LogP contribution in [0, 0.1) is 0 Å². The first-order chi connectivity index (χ1) is 5.83. The zero-order valence-corrected chi connectivity index (χ0v) is 6.99. The van der Waals surface area contributed by atoms with Gasteiger partial charge >= 0.3 is 0 Å². The Morgan fingerprint density at radius 1 is 1.75 bits per heavy atom. The van der Waals surface area contributed by atoms with Crippen molar-refractivity contribution in [2.45, 2.75) is 19.6 Å². The van der Waals surface area contributed by atoms with Crippen molar-refractivity contribution in [1.29, 1.82) is 0 Å². The first-order valence-corrected chi connectivity index (χ1v) is 3.82. The number of hydrogen-bond donors (Lipinski definition) is 2. The lowest BCUT2D eigenvalue weighted by Gasteiger charge is -2.07. The number of hydrogen-bond acceptors (Lipinski definition) is 4. The summed E-state index contributed by atoms with van der Waals surface area (Å²) < 4.78 is 10.3. The van der Waals surface area contributed by atoms with Crippen LogP contribution in [0.5, 0.6) is 0 Å². The molecule has 68 valence electrons. The summed E-state index contributed by atoms with van der Waals surface area (Å²) in [7, 11) is 0. The molecule has 0 aromatic carbocycles. The number of rotatable bonds is 5. The minimum absolute atomic E-state index is 0.0556. The maximum absolute atomic E-state index is 8.44. The summed E-state index contributed by atoms with van der Waals surface area (Å²) in [5.41, 5.74) is 2.09. The summed E-state index contributed by atoms with van der Waals surface area (Å²) in [4.78, 5) is 0. The van der Waals surface area contributed by atoms with Gasteiger partial charge in [-0.25, -0.2) is 5.48 Å². The average molecular weight is 171 g/mol. The highest BCUT2D eigenvalue weighted by Gasteiger charge is 2.00. The zero-order valence-electron chi connectivity index (χ0n) is 6.99. The second kappa shape index (κ2) is 4.92. The Hall–Kier alpha value is -0.840. The van der Waals surface area contributed by atoms with Crippen molar-refractivity contribution in [3.05, 3.63) is 24.2 Å². The van der Waals surface area contributed by atoms with Gasteiger partial charge in [0.25, 0.3) is 0 Å². The normalized spacial score (nSPS) is 13.2. The van der Waals surface area contributed by atoms with Crippen LogP contribution >= 0.6 is 0 Å². The molecule has 4 nitrogen and oxygen atoms in total. The van der Waals surface area contributed by atoms with E-state index >= 15 is 0 Å². The van der Waals surface area contributed by atoms with E-state index < -0.39 is 0 Å². The van der Waals surface area contributed by atoms with Gasteiger partial charge in [0.05, 0.1) is 18.9 Å². The molecule has 1 rings (SSSR count). The summed E-state index contributed by atoms with van der Waals surface area (Å²) in [6.07, 6.45) is 1.60. The lowest BCUT2D eigenvalue weighted by molar-refractivity contribution is 0.0428. The first-order valence-electron chi connectivity index (χ1n) is 3.82. The predicted molar refractivity (Wildman–Crippen MR) is 42.7 cm³/mol. The SMILES string of the molecule is CC(COCc1ccco1)NO. The molecule has 0 aliphatic rings. The highest BCUT2D eigenvalue weighted by Crippen LogP contribution is 2.01. The third-order valence-corrected chi connectivity index (χ3v) is 1.41. The Balaban J connectivity index is 2.11. The van der Waals surface area contributed by atoms with Gasteiger partial charge in [-0.1, -0.05) is 0 Å². The van der Waals surface area contributed by atoms with Crippen molar-refractivity contribution in [2.75, 3.05) is 6.61 Å². The van der Waals surface area contributed by atoms with E-state index in [-0.39, 0.29) is 6.04 Å². The second-order valence-electron chi connectivity index (χ2n) is 2.62. The van der Waals surface area contributed by atoms with E-state index in [1.165, 1.54) is 0 Å². The lowest BCUT2D eigenvalue weighted by Crippen LogP contribution is -2.27. The molecule has 0 radical (unpaired) electrons. The molecule has 0 aliphatic heterocycles. The molecule has 4 heteroatoms. The topological polar surface area (TPSA) is 54.6 Å². The molecule has 0 bridgehead atoms. The van der Waals surface area contributed by atoms with Crippen LogP contribution in [-0.2, 0) is 11.3 Å². The lowest BCUT2D eigenvalue weighted by atomic mass is 10.4. The molecule has 0 saturated carbocycles. The summed E-state index contributed by atoms with van der Waals surface area (Å²) in [5.74, 6) is 0.792. The summed E-state index contributed by atoms with van der Waals surface area (Å²) in [6, 6.07) is 3.60. The Labute approximate surface area is 71.1 Å². The molecule has 0 amide bonds. The molecule has 2 N–H and O–H groups in total. The minimum Gasteiger partial charge on any atom is -0.467 e. The Morgan fingerprint density at radius 3 is 3.17 bits per heavy atom. The van der Waals surface area contributed by atoms with Gasteiger partial charge in [-0.3, -0.25) is 0 Å². The van der Waals surface area contributed by atoms with Crippen LogP contribution in [0.2, 0.25) is 0 Å². The van der Waals surface area contributed by atoms with Gasteiger partial charge in [-0.2, -0.15) is 0 Å². The largest absolute Gasteiger partial charge is 0.467 e. The van der Waals surface area contributed by atoms with Crippen LogP contribution in [0.4, 0.5) is 0 Å². The molecule has 1 aromatic rings. The highest BCUT2D eigenvalue weighted by atomic mass is 16.5. The van der Waals surface area contributed by atoms with Crippen LogP contribution in [0.25, 0.3) is 0 Å². The van der Waals surface area contributed by atoms with Crippen LogP contribution < -0.4 is 5.48 Å². The van der Waals surface area contributed by atoms with Gasteiger partial charge in [-0.15, -0.1) is 0 Å². The minimum atomic E-state index is -0.0556. The van der Waals surface area contributed by atoms with E-state index in [4.69, 9.17) is 14.4 Å². The van der Waals surface area contributed by atoms with Gasteiger partial charge in [0.15, 0.2) is 0 Å². The van der Waals surface area contributed by atoms with Crippen molar-refractivity contribution in [3.63, 3.8) is 0 Å². The second-order valence-corrected chi connectivity index (χ2v) is 2.62. The molecule has 0 aliphatic carbocycles. The number of hydroxylamine groups is 1. The Kier molecular flexibility index (Phi) is 3.79. The molecular formula is C8H13NO3. The van der Waals surface area contributed by atoms with Gasteiger partial charge < -0.3 is 14.4 Å². The maximum Gasteiger partial charge on any atom is 0.129 e.